The lowest BCUT2D eigenvalue weighted by Crippen LogP contribution is -2.41. The van der Waals surface area contributed by atoms with Crippen LogP contribution in [0.25, 0.3) is 55.2 Å². The van der Waals surface area contributed by atoms with E-state index >= 15 is 0 Å². The van der Waals surface area contributed by atoms with Gasteiger partial charge in [0.05, 0.1) is 68.9 Å². The minimum absolute atomic E-state index is 0.0102. The molecule has 17 rings (SSSR count). The van der Waals surface area contributed by atoms with E-state index in [1.165, 1.54) is 47.2 Å². The van der Waals surface area contributed by atoms with Gasteiger partial charge in [-0.05, 0) is 136 Å². The number of rotatable bonds is 21. The van der Waals surface area contributed by atoms with Crippen LogP contribution in [0.15, 0.2) is 252 Å². The Hall–Kier alpha value is -11.0. The predicted octanol–water partition coefficient (Wildman–Crippen LogP) is 15.6. The second-order valence-corrected chi connectivity index (χ2v) is 33.2. The summed E-state index contributed by atoms with van der Waals surface area (Å²) in [6, 6.07) is 61.8. The fraction of sp³-hybridized carbons (Fsp3) is 0.318. The van der Waals surface area contributed by atoms with Crippen molar-refractivity contribution in [2.45, 2.75) is 146 Å². The van der Waals surface area contributed by atoms with Crippen molar-refractivity contribution in [2.24, 2.45) is 0 Å². The molecule has 14 aromatic rings. The number of aliphatic hydroxyl groups is 1. The molecule has 4 N–H and O–H groups in total. The van der Waals surface area contributed by atoms with E-state index in [-0.39, 0.29) is 57.5 Å². The van der Waals surface area contributed by atoms with Gasteiger partial charge in [-0.3, -0.25) is 19.6 Å². The molecule has 3 fully saturated rings. The van der Waals surface area contributed by atoms with E-state index in [4.69, 9.17) is 20.5 Å². The Kier molecular flexibility index (Phi) is 28.5. The second-order valence-electron chi connectivity index (χ2n) is 27.8. The summed E-state index contributed by atoms with van der Waals surface area (Å²) < 4.78 is 87.9. The molecule has 116 heavy (non-hydrogen) atoms. The largest absolute Gasteiger partial charge is 0.408 e. The first kappa shape index (κ1) is 84.4. The van der Waals surface area contributed by atoms with Gasteiger partial charge >= 0.3 is 5.97 Å². The molecule has 0 saturated carbocycles. The molecule has 608 valence electrons. The van der Waals surface area contributed by atoms with Gasteiger partial charge in [0.25, 0.3) is 30.1 Å². The van der Waals surface area contributed by atoms with Crippen LogP contribution in [0.2, 0.25) is 0 Å². The van der Waals surface area contributed by atoms with Crippen LogP contribution in [0, 0.1) is 0 Å². The number of hydrogen-bond donors (Lipinski definition) is 3. The molecular formula is C88H103N15O10S3. The number of aliphatic hydroxyl groups excluding tert-OH is 1. The van der Waals surface area contributed by atoms with Gasteiger partial charge in [-0.1, -0.05) is 187 Å². The average Bonchev–Trinajstić information content (AvgIpc) is 1.58. The van der Waals surface area contributed by atoms with Gasteiger partial charge in [-0.25, -0.2) is 66.9 Å². The van der Waals surface area contributed by atoms with Gasteiger partial charge in [0.1, 0.15) is 16.9 Å². The van der Waals surface area contributed by atoms with Crippen LogP contribution in [-0.2, 0) is 65.9 Å². The molecule has 0 amide bonds. The summed E-state index contributed by atoms with van der Waals surface area (Å²) >= 11 is 0. The standard InChI is InChI=1S/C29H29N5O5S.C28H29N5O3S.C25H27N5O2S.3C2H6/c1-2-38-39-29(35)28-31-25-18-30-27-24(15-17-33(27)40(36,37)23-13-7-4-8-14-23)26(25)34(28)22-12-9-16-32(20-22)19-21-10-5-3-6-11-21;34-17-14-26-30-25-18-29-28-24(13-16-32(28)37(35,36)23-11-5-2-6-12-23)27(25)33(26)22-10-7-15-31(20-22)19-21-8-3-1-4-9-21;26-23-16-27-25-22(13-15-30(25)33(31,32)21-11-5-2-6-12-21)24(23)28-20-10-7-14-29(18-20)17-19-8-3-1-4-9-19;3*1-2/h3-8,10-11,13-15,17-18,22H,2,9,12,16,19-20H2,1H3;1-6,8-9,11-13,16,18,22,34H,7,10,14-15,17,19-20H2;1-6,8-9,11-13,15-16,20H,7,10,14,17-18,26H2,(H,27,28);3*1-2H3/t2*22-;20-;;;/m111.../s1. The highest BCUT2D eigenvalue weighted by molar-refractivity contribution is 7.90. The van der Waals surface area contributed by atoms with Crippen molar-refractivity contribution in [3.63, 3.8) is 0 Å². The Balaban J connectivity index is 0.000000156. The fourth-order valence-corrected chi connectivity index (χ4v) is 19.4. The van der Waals surface area contributed by atoms with Crippen molar-refractivity contribution >= 4 is 103 Å². The van der Waals surface area contributed by atoms with E-state index in [1.807, 2.05) is 82.5 Å². The molecule has 6 aromatic carbocycles. The van der Waals surface area contributed by atoms with Gasteiger partial charge < -0.3 is 25.3 Å². The maximum atomic E-state index is 13.5. The van der Waals surface area contributed by atoms with Crippen molar-refractivity contribution in [1.29, 1.82) is 0 Å². The van der Waals surface area contributed by atoms with E-state index in [9.17, 15) is 35.2 Å². The molecule has 28 heteroatoms. The number of pyridine rings is 3. The summed E-state index contributed by atoms with van der Waals surface area (Å²) in [6.45, 7) is 21.9. The minimum atomic E-state index is -3.89. The average molecular weight is 1630 g/mol. The molecular weight excluding hydrogens is 1520 g/mol. The lowest BCUT2D eigenvalue weighted by atomic mass is 10.0. The number of hydrogen-bond acceptors (Lipinski definition) is 20. The summed E-state index contributed by atoms with van der Waals surface area (Å²) in [4.78, 5) is 53.8. The molecule has 3 aliphatic heterocycles. The molecule has 0 aliphatic carbocycles. The molecule has 3 saturated heterocycles. The predicted molar refractivity (Wildman–Crippen MR) is 457 cm³/mol. The van der Waals surface area contributed by atoms with E-state index < -0.39 is 36.0 Å². The number of nitrogens with zero attached hydrogens (tertiary/aromatic N) is 13. The first-order chi connectivity index (χ1) is 56.5. The number of nitrogens with one attached hydrogen (secondary N) is 1. The number of nitrogen functional groups attached to an aromatic ring is 1. The quantitative estimate of drug-likeness (QED) is 0.0445. The third kappa shape index (κ3) is 18.6. The number of carbonyl (C=O) groups excluding carboxylic acids is 1. The Labute approximate surface area is 679 Å². The summed E-state index contributed by atoms with van der Waals surface area (Å²) in [5, 5.41) is 15.4. The van der Waals surface area contributed by atoms with Crippen molar-refractivity contribution in [3.05, 3.63) is 266 Å². The van der Waals surface area contributed by atoms with Gasteiger partial charge in [0, 0.05) is 98.6 Å². The highest BCUT2D eigenvalue weighted by Gasteiger charge is 2.34. The Morgan fingerprint density at radius 1 is 0.474 bits per heavy atom. The summed E-state index contributed by atoms with van der Waals surface area (Å²) in [6.07, 6.45) is 15.6. The lowest BCUT2D eigenvalue weighted by molar-refractivity contribution is -0.237. The molecule has 8 aromatic heterocycles. The number of benzene rings is 6. The number of fused-ring (bicyclic) bond motifs is 7. The van der Waals surface area contributed by atoms with Crippen molar-refractivity contribution < 1.29 is 44.9 Å². The van der Waals surface area contributed by atoms with Gasteiger partial charge in [0.15, 0.2) is 16.9 Å². The lowest BCUT2D eigenvalue weighted by Gasteiger charge is -2.34. The Bertz CT molecular complexity index is 5920. The molecule has 0 bridgehead atoms. The molecule has 3 atom stereocenters. The van der Waals surface area contributed by atoms with Gasteiger partial charge in [-0.15, -0.1) is 0 Å². The zero-order valence-corrected chi connectivity index (χ0v) is 69.2. The Morgan fingerprint density at radius 2 is 0.845 bits per heavy atom. The van der Waals surface area contributed by atoms with Crippen LogP contribution in [-0.4, -0.2) is 156 Å². The molecule has 0 unspecified atom stereocenters. The summed E-state index contributed by atoms with van der Waals surface area (Å²) in [5.74, 6) is 0.197. The van der Waals surface area contributed by atoms with Gasteiger partial charge in [0.2, 0.25) is 5.82 Å². The van der Waals surface area contributed by atoms with Crippen LogP contribution < -0.4 is 11.1 Å². The third-order valence-electron chi connectivity index (χ3n) is 20.4. The van der Waals surface area contributed by atoms with E-state index in [0.29, 0.717) is 57.3 Å². The number of imidazole rings is 2. The third-order valence-corrected chi connectivity index (χ3v) is 25.4. The number of aromatic nitrogens is 10. The van der Waals surface area contributed by atoms with Gasteiger partial charge in [-0.2, -0.15) is 4.89 Å². The molecule has 3 aliphatic rings. The highest BCUT2D eigenvalue weighted by atomic mass is 32.2. The first-order valence-electron chi connectivity index (χ1n) is 40.0. The Morgan fingerprint density at radius 3 is 1.28 bits per heavy atom. The van der Waals surface area contributed by atoms with E-state index in [0.717, 1.165) is 113 Å². The smallest absolute Gasteiger partial charge is 0.396 e. The summed E-state index contributed by atoms with van der Waals surface area (Å²) in [5.41, 5.74) is 15.1. The second kappa shape index (κ2) is 39.1. The van der Waals surface area contributed by atoms with Crippen molar-refractivity contribution in [2.75, 3.05) is 63.5 Å². The maximum absolute atomic E-state index is 13.5. The van der Waals surface area contributed by atoms with Crippen LogP contribution in [0.3, 0.4) is 0 Å². The number of likely N-dealkylation sites (tertiary alicyclic amines) is 3. The molecule has 25 nitrogen and oxygen atoms in total. The maximum Gasteiger partial charge on any atom is 0.408 e. The monoisotopic (exact) mass is 1630 g/mol. The topological polar surface area (TPSA) is 295 Å². The normalized spacial score (nSPS) is 16.2. The fourth-order valence-electron chi connectivity index (χ4n) is 15.4. The zero-order valence-electron chi connectivity index (χ0n) is 66.7. The van der Waals surface area contributed by atoms with Crippen LogP contribution in [0.5, 0.6) is 0 Å². The van der Waals surface area contributed by atoms with Crippen LogP contribution in [0.4, 0.5) is 11.4 Å². The number of nitrogens with two attached hydrogens (primary N) is 1. The molecule has 0 spiro atoms. The minimum Gasteiger partial charge on any atom is -0.396 e. The SMILES string of the molecule is CC.CC.CC.CCOOC(=O)c1nc2cnc3c(ccn3S(=O)(=O)c3ccccc3)c2n1[C@@H]1CCCN(Cc2ccccc2)C1.Nc1cnc2c(ccn2S(=O)(=O)c2ccccc2)c1N[C@@H]1CCCN(Cc2ccccc2)C1.O=S(=O)(c1ccccc1)n1ccc2c1ncc1nc(CCO)n([C@@H]3CCCN(Cc4ccccc4)C3)c12. The summed E-state index contributed by atoms with van der Waals surface area (Å²) in [7, 11) is -11.4. The molecule has 0 radical (unpaired) electrons. The molecule has 11 heterocycles. The zero-order chi connectivity index (χ0) is 81.9. The number of piperidine rings is 3. The van der Waals surface area contributed by atoms with Crippen molar-refractivity contribution in [1.82, 2.24) is 60.7 Å². The van der Waals surface area contributed by atoms with E-state index in [2.05, 4.69) is 105 Å². The van der Waals surface area contributed by atoms with Crippen molar-refractivity contribution in [3.8, 4) is 0 Å². The number of anilines is 2. The number of carbonyl (C=O) groups is 1. The highest BCUT2D eigenvalue weighted by Crippen LogP contribution is 2.38. The van der Waals surface area contributed by atoms with Crippen LogP contribution >= 0.6 is 0 Å². The van der Waals surface area contributed by atoms with E-state index in [1.54, 1.807) is 129 Å². The first-order valence-corrected chi connectivity index (χ1v) is 44.3. The van der Waals surface area contributed by atoms with Crippen LogP contribution in [0.1, 0.15) is 132 Å².